The van der Waals surface area contributed by atoms with E-state index in [1.165, 1.54) is 12.1 Å². The zero-order valence-corrected chi connectivity index (χ0v) is 10.9. The molecular weight excluding hydrogens is 257 g/mol. The molecule has 5 nitrogen and oxygen atoms in total. The molecule has 2 aromatic rings. The minimum atomic E-state index is -0.284. The van der Waals surface area contributed by atoms with Gasteiger partial charge in [-0.15, -0.1) is 0 Å². The predicted molar refractivity (Wildman–Crippen MR) is 70.1 cm³/mol. The summed E-state index contributed by atoms with van der Waals surface area (Å²) >= 11 is 0. The van der Waals surface area contributed by atoms with Crippen molar-refractivity contribution in [1.82, 2.24) is 20.1 Å². The highest BCUT2D eigenvalue weighted by Crippen LogP contribution is 2.14. The molecule has 6 heteroatoms. The van der Waals surface area contributed by atoms with Gasteiger partial charge in [-0.2, -0.15) is 10.4 Å². The van der Waals surface area contributed by atoms with Crippen LogP contribution in [0.25, 0.3) is 0 Å². The van der Waals surface area contributed by atoms with Gasteiger partial charge in [0.25, 0.3) is 0 Å². The van der Waals surface area contributed by atoms with Gasteiger partial charge >= 0.3 is 0 Å². The van der Waals surface area contributed by atoms with Crippen LogP contribution < -0.4 is 5.32 Å². The van der Waals surface area contributed by atoms with Crippen LogP contribution >= 0.6 is 0 Å². The Morgan fingerprint density at radius 3 is 3.25 bits per heavy atom. The number of rotatable bonds is 3. The minimum Gasteiger partial charge on any atom is -0.308 e. The zero-order chi connectivity index (χ0) is 13.9. The first-order valence-corrected chi connectivity index (χ1v) is 6.55. The average molecular weight is 271 g/mol. The summed E-state index contributed by atoms with van der Waals surface area (Å²) in [5.74, 6) is 0.717. The van der Waals surface area contributed by atoms with Crippen LogP contribution in [-0.4, -0.2) is 20.8 Å². The summed E-state index contributed by atoms with van der Waals surface area (Å²) in [5, 5.41) is 16.3. The fourth-order valence-corrected chi connectivity index (χ4v) is 2.44. The van der Waals surface area contributed by atoms with Crippen LogP contribution in [0.15, 0.2) is 24.5 Å². The molecule has 1 aliphatic heterocycles. The molecule has 3 rings (SSSR count). The van der Waals surface area contributed by atoms with E-state index in [0.717, 1.165) is 25.2 Å². The summed E-state index contributed by atoms with van der Waals surface area (Å²) in [5.41, 5.74) is 0.999. The molecule has 1 aromatic heterocycles. The molecule has 2 heterocycles. The highest BCUT2D eigenvalue weighted by molar-refractivity contribution is 5.33. The van der Waals surface area contributed by atoms with E-state index in [1.54, 1.807) is 12.4 Å². The van der Waals surface area contributed by atoms with Crippen molar-refractivity contribution in [3.63, 3.8) is 0 Å². The number of aromatic nitrogens is 3. The maximum Gasteiger partial charge on any atom is 0.138 e. The molecule has 0 spiro atoms. The van der Waals surface area contributed by atoms with Gasteiger partial charge in [-0.3, -0.25) is 0 Å². The molecule has 0 aliphatic carbocycles. The van der Waals surface area contributed by atoms with Gasteiger partial charge in [0.15, 0.2) is 0 Å². The van der Waals surface area contributed by atoms with Gasteiger partial charge in [0.05, 0.1) is 18.2 Å². The molecule has 20 heavy (non-hydrogen) atoms. The number of hydrogen-bond acceptors (Lipinski definition) is 4. The van der Waals surface area contributed by atoms with Gasteiger partial charge in [0, 0.05) is 24.6 Å². The molecule has 102 valence electrons. The van der Waals surface area contributed by atoms with Crippen LogP contribution in [-0.2, 0) is 19.5 Å². The van der Waals surface area contributed by atoms with Crippen LogP contribution in [0, 0.1) is 17.1 Å². The van der Waals surface area contributed by atoms with Crippen molar-refractivity contribution in [2.75, 3.05) is 0 Å². The van der Waals surface area contributed by atoms with Crippen LogP contribution in [0.5, 0.6) is 0 Å². The smallest absolute Gasteiger partial charge is 0.138 e. The van der Waals surface area contributed by atoms with Crippen LogP contribution in [0.1, 0.15) is 23.4 Å². The lowest BCUT2D eigenvalue weighted by Gasteiger charge is -2.23. The van der Waals surface area contributed by atoms with E-state index in [9.17, 15) is 4.39 Å². The highest BCUT2D eigenvalue weighted by atomic mass is 19.1. The number of nitrogens with one attached hydrogen (secondary N) is 1. The highest BCUT2D eigenvalue weighted by Gasteiger charge is 2.19. The summed E-state index contributed by atoms with van der Waals surface area (Å²) in [6, 6.07) is 6.69. The van der Waals surface area contributed by atoms with Crippen molar-refractivity contribution in [2.24, 2.45) is 0 Å². The second-order valence-corrected chi connectivity index (χ2v) is 4.89. The second kappa shape index (κ2) is 5.39. The number of aryl methyl sites for hydroxylation is 1. The van der Waals surface area contributed by atoms with Gasteiger partial charge < -0.3 is 5.32 Å². The predicted octanol–water partition coefficient (Wildman–Crippen LogP) is 1.39. The second-order valence-electron chi connectivity index (χ2n) is 4.89. The summed E-state index contributed by atoms with van der Waals surface area (Å²) < 4.78 is 15.6. The number of benzene rings is 1. The van der Waals surface area contributed by atoms with E-state index in [4.69, 9.17) is 5.26 Å². The quantitative estimate of drug-likeness (QED) is 0.916. The number of halogens is 1. The SMILES string of the molecule is N#Cc1ccc(F)c(CN[C@@H]2CCc3ncnn3C2)c1. The maximum atomic E-state index is 13.7. The third-order valence-electron chi connectivity index (χ3n) is 3.56. The lowest BCUT2D eigenvalue weighted by atomic mass is 10.1. The monoisotopic (exact) mass is 271 g/mol. The van der Waals surface area contributed by atoms with E-state index in [-0.39, 0.29) is 11.9 Å². The largest absolute Gasteiger partial charge is 0.308 e. The Balaban J connectivity index is 1.65. The van der Waals surface area contributed by atoms with E-state index in [2.05, 4.69) is 15.4 Å². The topological polar surface area (TPSA) is 66.5 Å². The van der Waals surface area contributed by atoms with Crippen molar-refractivity contribution in [1.29, 1.82) is 5.26 Å². The Labute approximate surface area is 116 Å². The third kappa shape index (κ3) is 2.53. The Morgan fingerprint density at radius 2 is 2.40 bits per heavy atom. The Kier molecular flexibility index (Phi) is 3.44. The third-order valence-corrected chi connectivity index (χ3v) is 3.56. The molecule has 1 aliphatic rings. The molecular formula is C14H14FN5. The maximum absolute atomic E-state index is 13.7. The Bertz CT molecular complexity index is 658. The van der Waals surface area contributed by atoms with E-state index >= 15 is 0 Å². The first kappa shape index (κ1) is 12.8. The first-order valence-electron chi connectivity index (χ1n) is 6.55. The lowest BCUT2D eigenvalue weighted by Crippen LogP contribution is -2.37. The van der Waals surface area contributed by atoms with Crippen molar-refractivity contribution in [3.05, 3.63) is 47.3 Å². The lowest BCUT2D eigenvalue weighted by molar-refractivity contribution is 0.356. The van der Waals surface area contributed by atoms with Gasteiger partial charge in [0.2, 0.25) is 0 Å². The van der Waals surface area contributed by atoms with Gasteiger partial charge in [0.1, 0.15) is 18.0 Å². The number of fused-ring (bicyclic) bond motifs is 1. The first-order chi connectivity index (χ1) is 9.76. The van der Waals surface area contributed by atoms with Crippen molar-refractivity contribution in [2.45, 2.75) is 32.0 Å². The standard InChI is InChI=1S/C14H14FN5/c15-13-3-1-10(6-16)5-11(13)7-17-12-2-4-14-18-9-19-20(14)8-12/h1,3,5,9,12,17H,2,4,7-8H2/t12-/m1/s1. The van der Waals surface area contributed by atoms with E-state index < -0.39 is 0 Å². The van der Waals surface area contributed by atoms with E-state index in [1.807, 2.05) is 10.8 Å². The fraction of sp³-hybridized carbons (Fsp3) is 0.357. The van der Waals surface area contributed by atoms with Gasteiger partial charge in [-0.25, -0.2) is 14.1 Å². The van der Waals surface area contributed by atoms with Crippen molar-refractivity contribution in [3.8, 4) is 6.07 Å². The molecule has 1 aromatic carbocycles. The van der Waals surface area contributed by atoms with Gasteiger partial charge in [-0.05, 0) is 24.6 Å². The number of nitrogens with zero attached hydrogens (tertiary/aromatic N) is 4. The number of nitriles is 1. The van der Waals surface area contributed by atoms with Crippen molar-refractivity contribution < 1.29 is 4.39 Å². The molecule has 1 atom stereocenters. The average Bonchev–Trinajstić information content (AvgIpc) is 2.94. The molecule has 0 bridgehead atoms. The summed E-state index contributed by atoms with van der Waals surface area (Å²) in [4.78, 5) is 4.17. The summed E-state index contributed by atoms with van der Waals surface area (Å²) in [7, 11) is 0. The fourth-order valence-electron chi connectivity index (χ4n) is 2.44. The molecule has 1 N–H and O–H groups in total. The number of hydrogen-bond donors (Lipinski definition) is 1. The summed E-state index contributed by atoms with van der Waals surface area (Å²) in [6.07, 6.45) is 3.39. The Hall–Kier alpha value is -2.26. The molecule has 0 saturated heterocycles. The van der Waals surface area contributed by atoms with Crippen LogP contribution in [0.3, 0.4) is 0 Å². The van der Waals surface area contributed by atoms with Crippen LogP contribution in [0.2, 0.25) is 0 Å². The minimum absolute atomic E-state index is 0.245. The molecule has 0 unspecified atom stereocenters. The van der Waals surface area contributed by atoms with Gasteiger partial charge in [-0.1, -0.05) is 0 Å². The zero-order valence-electron chi connectivity index (χ0n) is 10.9. The Morgan fingerprint density at radius 1 is 1.50 bits per heavy atom. The molecule has 0 amide bonds. The van der Waals surface area contributed by atoms with E-state index in [0.29, 0.717) is 17.7 Å². The van der Waals surface area contributed by atoms with Crippen LogP contribution in [0.4, 0.5) is 4.39 Å². The molecule has 0 fully saturated rings. The summed E-state index contributed by atoms with van der Waals surface area (Å²) in [6.45, 7) is 1.16. The molecule has 0 saturated carbocycles. The van der Waals surface area contributed by atoms with Crippen molar-refractivity contribution >= 4 is 0 Å². The molecule has 0 radical (unpaired) electrons. The normalized spacial score (nSPS) is 17.5.